The molecule has 138 valence electrons. The van der Waals surface area contributed by atoms with Crippen LogP contribution in [0.3, 0.4) is 0 Å². The molecule has 1 fully saturated rings. The Morgan fingerprint density at radius 3 is 2.77 bits per heavy atom. The van der Waals surface area contributed by atoms with Gasteiger partial charge in [0.25, 0.3) is 0 Å². The number of aromatic nitrogens is 1. The van der Waals surface area contributed by atoms with Gasteiger partial charge in [0.2, 0.25) is 12.7 Å². The molecule has 1 amide bonds. The van der Waals surface area contributed by atoms with Crippen molar-refractivity contribution >= 4 is 17.2 Å². The van der Waals surface area contributed by atoms with Gasteiger partial charge in [0.15, 0.2) is 11.5 Å². The lowest BCUT2D eigenvalue weighted by Crippen LogP contribution is -2.48. The fourth-order valence-electron chi connectivity index (χ4n) is 3.37. The molecule has 2 aliphatic rings. The molecule has 6 nitrogen and oxygen atoms in total. The number of aryl methyl sites for hydroxylation is 2. The molecule has 3 heterocycles. The zero-order valence-corrected chi connectivity index (χ0v) is 15.8. The van der Waals surface area contributed by atoms with E-state index in [1.807, 2.05) is 23.3 Å². The summed E-state index contributed by atoms with van der Waals surface area (Å²) in [5.74, 6) is 1.88. The van der Waals surface area contributed by atoms with Gasteiger partial charge in [-0.25, -0.2) is 4.98 Å². The van der Waals surface area contributed by atoms with Crippen LogP contribution in [0.4, 0.5) is 0 Å². The highest BCUT2D eigenvalue weighted by atomic mass is 32.1. The number of benzene rings is 1. The molecule has 0 bridgehead atoms. The molecule has 7 heteroatoms. The first-order valence-corrected chi connectivity index (χ1v) is 9.85. The van der Waals surface area contributed by atoms with Crippen molar-refractivity contribution in [1.29, 1.82) is 0 Å². The second kappa shape index (κ2) is 7.63. The summed E-state index contributed by atoms with van der Waals surface area (Å²) in [4.78, 5) is 21.2. The SMILES string of the molecule is Cc1nc(CCC(=O)N2CCN(Cc3ccc4c(c3)OCO4)CC2)cs1. The standard InChI is InChI=1S/C19H23N3O3S/c1-14-20-16(12-26-14)3-5-19(23)22-8-6-21(7-9-22)11-15-2-4-17-18(10-15)25-13-24-17/h2,4,10,12H,3,5-9,11,13H2,1H3. The van der Waals surface area contributed by atoms with Gasteiger partial charge in [-0.15, -0.1) is 11.3 Å². The summed E-state index contributed by atoms with van der Waals surface area (Å²) in [6.07, 6.45) is 1.28. The lowest BCUT2D eigenvalue weighted by atomic mass is 10.1. The summed E-state index contributed by atoms with van der Waals surface area (Å²) in [7, 11) is 0. The fraction of sp³-hybridized carbons (Fsp3) is 0.474. The molecule has 0 saturated carbocycles. The topological polar surface area (TPSA) is 54.9 Å². The zero-order chi connectivity index (χ0) is 17.9. The maximum Gasteiger partial charge on any atom is 0.231 e. The predicted molar refractivity (Wildman–Crippen MR) is 99.6 cm³/mol. The first-order chi connectivity index (χ1) is 12.7. The van der Waals surface area contributed by atoms with Crippen LogP contribution in [0.1, 0.15) is 22.7 Å². The number of carbonyl (C=O) groups is 1. The van der Waals surface area contributed by atoms with E-state index >= 15 is 0 Å². The van der Waals surface area contributed by atoms with Crippen LogP contribution in [0.25, 0.3) is 0 Å². The Morgan fingerprint density at radius 1 is 1.19 bits per heavy atom. The molecule has 1 aromatic heterocycles. The molecular formula is C19H23N3O3S. The monoisotopic (exact) mass is 373 g/mol. The largest absolute Gasteiger partial charge is 0.454 e. The number of thiazole rings is 1. The van der Waals surface area contributed by atoms with Crippen LogP contribution < -0.4 is 9.47 Å². The summed E-state index contributed by atoms with van der Waals surface area (Å²) in [6.45, 7) is 6.55. The third kappa shape index (κ3) is 3.99. The van der Waals surface area contributed by atoms with Gasteiger partial charge in [-0.2, -0.15) is 0 Å². The number of hydrogen-bond donors (Lipinski definition) is 0. The molecule has 26 heavy (non-hydrogen) atoms. The van der Waals surface area contributed by atoms with E-state index in [-0.39, 0.29) is 5.91 Å². The highest BCUT2D eigenvalue weighted by Crippen LogP contribution is 2.32. The molecule has 1 saturated heterocycles. The maximum atomic E-state index is 12.4. The van der Waals surface area contributed by atoms with Gasteiger partial charge in [0.1, 0.15) is 0 Å². The molecule has 0 N–H and O–H groups in total. The van der Waals surface area contributed by atoms with E-state index < -0.39 is 0 Å². The summed E-state index contributed by atoms with van der Waals surface area (Å²) < 4.78 is 10.8. The van der Waals surface area contributed by atoms with Crippen LogP contribution in [0.2, 0.25) is 0 Å². The van der Waals surface area contributed by atoms with Gasteiger partial charge < -0.3 is 14.4 Å². The van der Waals surface area contributed by atoms with Crippen molar-refractivity contribution in [3.63, 3.8) is 0 Å². The summed E-state index contributed by atoms with van der Waals surface area (Å²) in [6, 6.07) is 6.11. The molecule has 4 rings (SSSR count). The van der Waals surface area contributed by atoms with Gasteiger partial charge in [-0.05, 0) is 31.0 Å². The minimum atomic E-state index is 0.235. The molecule has 0 unspecified atom stereocenters. The molecule has 0 aliphatic carbocycles. The first kappa shape index (κ1) is 17.3. The minimum absolute atomic E-state index is 0.235. The summed E-state index contributed by atoms with van der Waals surface area (Å²) in [5.41, 5.74) is 2.25. The molecule has 2 aromatic rings. The van der Waals surface area contributed by atoms with Crippen molar-refractivity contribution in [2.45, 2.75) is 26.3 Å². The Labute approximate surface area is 157 Å². The predicted octanol–water partition coefficient (Wildman–Crippen LogP) is 2.46. The number of nitrogens with zero attached hydrogens (tertiary/aromatic N) is 3. The van der Waals surface area contributed by atoms with Crippen LogP contribution in [-0.2, 0) is 17.8 Å². The number of fused-ring (bicyclic) bond motifs is 1. The summed E-state index contributed by atoms with van der Waals surface area (Å²) >= 11 is 1.64. The first-order valence-electron chi connectivity index (χ1n) is 8.97. The second-order valence-electron chi connectivity index (χ2n) is 6.70. The van der Waals surface area contributed by atoms with Crippen molar-refractivity contribution in [2.75, 3.05) is 33.0 Å². The van der Waals surface area contributed by atoms with E-state index in [9.17, 15) is 4.79 Å². The minimum Gasteiger partial charge on any atom is -0.454 e. The summed E-state index contributed by atoms with van der Waals surface area (Å²) in [5, 5.41) is 3.11. The third-order valence-electron chi connectivity index (χ3n) is 4.83. The number of carbonyl (C=O) groups excluding carboxylic acids is 1. The van der Waals surface area contributed by atoms with E-state index in [4.69, 9.17) is 9.47 Å². The van der Waals surface area contributed by atoms with Crippen molar-refractivity contribution in [3.8, 4) is 11.5 Å². The van der Waals surface area contributed by atoms with Crippen LogP contribution in [0, 0.1) is 6.92 Å². The maximum absolute atomic E-state index is 12.4. The quantitative estimate of drug-likeness (QED) is 0.806. The van der Waals surface area contributed by atoms with Crippen LogP contribution >= 0.6 is 11.3 Å². The van der Waals surface area contributed by atoms with Gasteiger partial charge in [-0.3, -0.25) is 9.69 Å². The number of amides is 1. The van der Waals surface area contributed by atoms with E-state index in [2.05, 4.69) is 22.0 Å². The number of rotatable bonds is 5. The smallest absolute Gasteiger partial charge is 0.231 e. The van der Waals surface area contributed by atoms with Crippen molar-refractivity contribution in [2.24, 2.45) is 0 Å². The Balaban J connectivity index is 1.24. The van der Waals surface area contributed by atoms with E-state index in [0.717, 1.165) is 61.3 Å². The Kier molecular flexibility index (Phi) is 5.08. The molecule has 1 aromatic carbocycles. The van der Waals surface area contributed by atoms with Crippen molar-refractivity contribution in [1.82, 2.24) is 14.8 Å². The molecule has 2 aliphatic heterocycles. The fourth-order valence-corrected chi connectivity index (χ4v) is 4.02. The molecule has 0 radical (unpaired) electrons. The van der Waals surface area contributed by atoms with Gasteiger partial charge in [0.05, 0.1) is 10.7 Å². The van der Waals surface area contributed by atoms with Crippen LogP contribution in [0.15, 0.2) is 23.6 Å². The van der Waals surface area contributed by atoms with Crippen molar-refractivity contribution in [3.05, 3.63) is 39.8 Å². The second-order valence-corrected chi connectivity index (χ2v) is 7.76. The highest BCUT2D eigenvalue weighted by molar-refractivity contribution is 7.09. The van der Waals surface area contributed by atoms with Gasteiger partial charge >= 0.3 is 0 Å². The normalized spacial score (nSPS) is 16.9. The van der Waals surface area contributed by atoms with Gasteiger partial charge in [0, 0.05) is 44.5 Å². The van der Waals surface area contributed by atoms with Crippen LogP contribution in [0.5, 0.6) is 11.5 Å². The lowest BCUT2D eigenvalue weighted by molar-refractivity contribution is -0.133. The van der Waals surface area contributed by atoms with Gasteiger partial charge in [-0.1, -0.05) is 6.07 Å². The number of hydrogen-bond acceptors (Lipinski definition) is 6. The molecular weight excluding hydrogens is 350 g/mol. The van der Waals surface area contributed by atoms with Crippen LogP contribution in [-0.4, -0.2) is 53.7 Å². The van der Waals surface area contributed by atoms with E-state index in [0.29, 0.717) is 13.2 Å². The Hall–Kier alpha value is -2.12. The average molecular weight is 373 g/mol. The van der Waals surface area contributed by atoms with E-state index in [1.165, 1.54) is 5.56 Å². The van der Waals surface area contributed by atoms with E-state index in [1.54, 1.807) is 11.3 Å². The lowest BCUT2D eigenvalue weighted by Gasteiger charge is -2.34. The average Bonchev–Trinajstić information content (AvgIpc) is 3.28. The highest BCUT2D eigenvalue weighted by Gasteiger charge is 2.22. The van der Waals surface area contributed by atoms with Crippen molar-refractivity contribution < 1.29 is 14.3 Å². The zero-order valence-electron chi connectivity index (χ0n) is 14.9. The number of piperazine rings is 1. The third-order valence-corrected chi connectivity index (χ3v) is 5.65. The Bertz CT molecular complexity index is 784. The number of ether oxygens (including phenoxy) is 2. The molecule has 0 spiro atoms. The molecule has 0 atom stereocenters. The Morgan fingerprint density at radius 2 is 2.00 bits per heavy atom.